The van der Waals surface area contributed by atoms with Gasteiger partial charge in [-0.15, -0.1) is 0 Å². The van der Waals surface area contributed by atoms with Gasteiger partial charge in [-0.3, -0.25) is 0 Å². The molecular weight excluding hydrogens is 842 g/mol. The van der Waals surface area contributed by atoms with Crippen LogP contribution < -0.4 is 47.9 Å². The molecular formula is C56H41N2O3P3. The fourth-order valence-electron chi connectivity index (χ4n) is 9.27. The van der Waals surface area contributed by atoms with Crippen molar-refractivity contribution in [3.63, 3.8) is 0 Å². The first-order chi connectivity index (χ1) is 31.4. The molecule has 8 heteroatoms. The highest BCUT2D eigenvalue weighted by Gasteiger charge is 2.35. The Kier molecular flexibility index (Phi) is 10.0. The quantitative estimate of drug-likeness (QED) is 0.128. The Morgan fingerprint density at radius 1 is 0.375 bits per heavy atom. The number of rotatable bonds is 10. The second-order valence-electron chi connectivity index (χ2n) is 16.1. The predicted octanol–water partition coefficient (Wildman–Crippen LogP) is 9.67. The van der Waals surface area contributed by atoms with Crippen LogP contribution in [0.2, 0.25) is 0 Å². The molecule has 1 aliphatic carbocycles. The van der Waals surface area contributed by atoms with Crippen molar-refractivity contribution in [1.82, 2.24) is 9.55 Å². The standard InChI is InChI=1S/C56H41N2O3P3/c59-62(43-18-6-1-7-19-43,44-20-8-2-9-21-44)48-32-30-42(31-33-48)58-54-36-34-49(63(60,45-22-10-3-11-23-45)46-24-12-4-13-25-46)39-51(54)52-40-50(35-37-55(52)58)64(61,47-26-14-5-15-27-47)56-38-29-41-17-16-28-53(41)57-56/h1-27,29-40H,28H2. The first kappa shape index (κ1) is 40.0. The predicted molar refractivity (Wildman–Crippen MR) is 269 cm³/mol. The van der Waals surface area contributed by atoms with Crippen LogP contribution in [0.25, 0.3) is 33.6 Å². The summed E-state index contributed by atoms with van der Waals surface area (Å²) in [6, 6.07) is 72.6. The van der Waals surface area contributed by atoms with Gasteiger partial charge in [-0.2, -0.15) is 0 Å². The lowest BCUT2D eigenvalue weighted by atomic mass is 10.1. The molecule has 1 aliphatic rings. The molecule has 2 heterocycles. The fourth-order valence-corrected chi connectivity index (χ4v) is 17.1. The van der Waals surface area contributed by atoms with Crippen molar-refractivity contribution >= 4 is 97.2 Å². The van der Waals surface area contributed by atoms with Crippen LogP contribution in [0.5, 0.6) is 0 Å². The Bertz CT molecular complexity index is 3450. The number of aromatic nitrogens is 2. The maximum absolute atomic E-state index is 16.1. The Morgan fingerprint density at radius 2 is 0.750 bits per heavy atom. The zero-order valence-corrected chi connectivity index (χ0v) is 37.4. The molecule has 0 radical (unpaired) electrons. The number of hydrogen-bond donors (Lipinski definition) is 0. The van der Waals surface area contributed by atoms with E-state index in [4.69, 9.17) is 4.98 Å². The largest absolute Gasteiger partial charge is 0.309 e. The lowest BCUT2D eigenvalue weighted by molar-refractivity contribution is 0.591. The number of nitrogens with zero attached hydrogens (tertiary/aromatic N) is 2. The summed E-state index contributed by atoms with van der Waals surface area (Å²) in [5.74, 6) is 0. The summed E-state index contributed by atoms with van der Waals surface area (Å²) in [6.07, 6.45) is 4.85. The number of fused-ring (bicyclic) bond motifs is 4. The first-order valence-electron chi connectivity index (χ1n) is 21.3. The summed E-state index contributed by atoms with van der Waals surface area (Å²) in [5.41, 5.74) is 5.15. The van der Waals surface area contributed by atoms with Gasteiger partial charge in [0.15, 0.2) is 21.4 Å². The molecule has 1 unspecified atom stereocenters. The van der Waals surface area contributed by atoms with Gasteiger partial charge < -0.3 is 18.3 Å². The maximum atomic E-state index is 16.1. The van der Waals surface area contributed by atoms with Crippen molar-refractivity contribution < 1.29 is 13.7 Å². The van der Waals surface area contributed by atoms with Crippen LogP contribution in [0.3, 0.4) is 0 Å². The topological polar surface area (TPSA) is 69.0 Å². The monoisotopic (exact) mass is 882 g/mol. The molecule has 10 aromatic rings. The number of allylic oxidation sites excluding steroid dienone is 1. The normalized spacial score (nSPS) is 13.5. The molecule has 0 amide bonds. The molecule has 0 bridgehead atoms. The van der Waals surface area contributed by atoms with Crippen molar-refractivity contribution in [2.45, 2.75) is 6.42 Å². The minimum absolute atomic E-state index is 0.541. The molecule has 0 fully saturated rings. The van der Waals surface area contributed by atoms with Gasteiger partial charge in [-0.1, -0.05) is 170 Å². The minimum atomic E-state index is -3.51. The molecule has 0 spiro atoms. The third kappa shape index (κ3) is 6.46. The molecule has 5 nitrogen and oxygen atoms in total. The zero-order valence-electron chi connectivity index (χ0n) is 34.7. The molecule has 64 heavy (non-hydrogen) atoms. The van der Waals surface area contributed by atoms with E-state index in [0.29, 0.717) is 27.8 Å². The van der Waals surface area contributed by atoms with Gasteiger partial charge in [-0.25, -0.2) is 4.98 Å². The van der Waals surface area contributed by atoms with E-state index in [1.54, 1.807) is 0 Å². The van der Waals surface area contributed by atoms with Gasteiger partial charge in [-0.05, 0) is 72.3 Å². The van der Waals surface area contributed by atoms with Gasteiger partial charge in [0.2, 0.25) is 0 Å². The first-order valence-corrected chi connectivity index (χ1v) is 26.4. The Morgan fingerprint density at radius 3 is 1.20 bits per heavy atom. The van der Waals surface area contributed by atoms with Gasteiger partial charge in [0.1, 0.15) is 5.44 Å². The highest BCUT2D eigenvalue weighted by Crippen LogP contribution is 2.47. The van der Waals surface area contributed by atoms with Crippen molar-refractivity contribution in [2.75, 3.05) is 0 Å². The van der Waals surface area contributed by atoms with Crippen LogP contribution in [-0.4, -0.2) is 9.55 Å². The highest BCUT2D eigenvalue weighted by molar-refractivity contribution is 7.86. The molecule has 0 saturated heterocycles. The van der Waals surface area contributed by atoms with E-state index in [0.717, 1.165) is 65.3 Å². The van der Waals surface area contributed by atoms with Crippen molar-refractivity contribution in [2.24, 2.45) is 0 Å². The molecule has 308 valence electrons. The number of pyridine rings is 1. The third-order valence-electron chi connectivity index (χ3n) is 12.5. The van der Waals surface area contributed by atoms with Gasteiger partial charge in [0, 0.05) is 65.3 Å². The van der Waals surface area contributed by atoms with Crippen LogP contribution in [-0.2, 0) is 20.1 Å². The van der Waals surface area contributed by atoms with Crippen LogP contribution in [0.1, 0.15) is 11.3 Å². The van der Waals surface area contributed by atoms with Gasteiger partial charge in [0.05, 0.1) is 16.7 Å². The van der Waals surface area contributed by atoms with Crippen molar-refractivity contribution in [3.8, 4) is 5.69 Å². The van der Waals surface area contributed by atoms with E-state index in [9.17, 15) is 0 Å². The molecule has 1 atom stereocenters. The van der Waals surface area contributed by atoms with E-state index in [1.165, 1.54) is 0 Å². The van der Waals surface area contributed by atoms with E-state index >= 15 is 13.7 Å². The van der Waals surface area contributed by atoms with E-state index in [-0.39, 0.29) is 0 Å². The zero-order chi connectivity index (χ0) is 43.3. The molecule has 0 aliphatic heterocycles. The molecule has 11 rings (SSSR count). The summed E-state index contributed by atoms with van der Waals surface area (Å²) in [5, 5.41) is 7.54. The van der Waals surface area contributed by atoms with Gasteiger partial charge in [0.25, 0.3) is 0 Å². The second-order valence-corrected chi connectivity index (χ2v) is 24.3. The molecule has 0 saturated carbocycles. The second kappa shape index (κ2) is 16.0. The molecule has 8 aromatic carbocycles. The fraction of sp³-hybridized carbons (Fsp3) is 0.0179. The van der Waals surface area contributed by atoms with Gasteiger partial charge >= 0.3 is 0 Å². The Balaban J connectivity index is 1.15. The lowest BCUT2D eigenvalue weighted by Gasteiger charge is -2.21. The maximum Gasteiger partial charge on any atom is 0.188 e. The van der Waals surface area contributed by atoms with Crippen molar-refractivity contribution in [1.29, 1.82) is 0 Å². The van der Waals surface area contributed by atoms with Crippen LogP contribution in [0.15, 0.2) is 231 Å². The van der Waals surface area contributed by atoms with Crippen LogP contribution in [0, 0.1) is 0 Å². The summed E-state index contributed by atoms with van der Waals surface area (Å²) >= 11 is 0. The molecule has 0 N–H and O–H groups in total. The van der Waals surface area contributed by atoms with E-state index < -0.39 is 21.4 Å². The Hall–Kier alpha value is -6.86. The smallest absolute Gasteiger partial charge is 0.188 e. The summed E-state index contributed by atoms with van der Waals surface area (Å²) in [7, 11) is -10.1. The van der Waals surface area contributed by atoms with E-state index in [2.05, 4.69) is 41.0 Å². The van der Waals surface area contributed by atoms with Crippen LogP contribution >= 0.6 is 21.4 Å². The number of benzene rings is 8. The van der Waals surface area contributed by atoms with E-state index in [1.807, 2.05) is 200 Å². The lowest BCUT2D eigenvalue weighted by Crippen LogP contribution is -2.27. The average molecular weight is 883 g/mol. The third-order valence-corrected chi connectivity index (χ3v) is 21.5. The Labute approximate surface area is 372 Å². The average Bonchev–Trinajstić information content (AvgIpc) is 3.99. The summed E-state index contributed by atoms with van der Waals surface area (Å²) in [6.45, 7) is 0. The minimum Gasteiger partial charge on any atom is -0.309 e. The molecule has 2 aromatic heterocycles. The van der Waals surface area contributed by atoms with Crippen molar-refractivity contribution in [3.05, 3.63) is 242 Å². The summed E-state index contributed by atoms with van der Waals surface area (Å²) in [4.78, 5) is 5.07. The SMILES string of the molecule is O=P(c1ccccc1)(c1ccccc1)c1ccc(-n2c3ccc(P(=O)(c4ccccc4)c4ccccc4)cc3c3cc(P(=O)(c4ccccc4)c4ccc5c(n4)CC=C5)ccc32)cc1. The number of hydrogen-bond acceptors (Lipinski definition) is 4. The van der Waals surface area contributed by atoms with Crippen LogP contribution in [0.4, 0.5) is 0 Å². The highest BCUT2D eigenvalue weighted by atomic mass is 31.2. The summed E-state index contributed by atoms with van der Waals surface area (Å²) < 4.78 is 49.5.